The second-order valence-corrected chi connectivity index (χ2v) is 7.56. The Kier molecular flexibility index (Phi) is 3.94. The molecule has 2 aromatic rings. The Balaban J connectivity index is 1.30. The number of nitrogens with zero attached hydrogens (tertiary/aromatic N) is 5. The number of hydrogen-bond donors (Lipinski definition) is 1. The summed E-state index contributed by atoms with van der Waals surface area (Å²) in [4.78, 5) is 14.2. The second kappa shape index (κ2) is 6.13. The molecule has 2 heterocycles. The molecule has 2 aliphatic rings. The third-order valence-corrected chi connectivity index (χ3v) is 5.82. The van der Waals surface area contributed by atoms with Crippen molar-refractivity contribution in [1.82, 2.24) is 25.1 Å². The van der Waals surface area contributed by atoms with Crippen molar-refractivity contribution < 1.29 is 4.79 Å². The SMILES string of the molecule is Cc1cccc(C2CC3(CCN(C(=O)Nc4nnnn4C)CC3)C2)c1. The van der Waals surface area contributed by atoms with Gasteiger partial charge in [0.25, 0.3) is 5.95 Å². The highest BCUT2D eigenvalue weighted by Crippen LogP contribution is 2.56. The standard InChI is InChI=1S/C18H24N6O/c1-13-4-3-5-14(10-13)15-11-18(12-15)6-8-24(9-7-18)17(25)19-16-20-21-22-23(16)2/h3-5,10,15H,6-9,11-12H2,1-2H3,(H,19,20,22,25). The molecule has 0 bridgehead atoms. The average molecular weight is 340 g/mol. The summed E-state index contributed by atoms with van der Waals surface area (Å²) in [5.74, 6) is 1.07. The fraction of sp³-hybridized carbons (Fsp3) is 0.556. The van der Waals surface area contributed by atoms with Crippen molar-refractivity contribution in [3.63, 3.8) is 0 Å². The summed E-state index contributed by atoms with van der Waals surface area (Å²) in [6, 6.07) is 8.77. The van der Waals surface area contributed by atoms with E-state index in [2.05, 4.69) is 52.0 Å². The van der Waals surface area contributed by atoms with Crippen molar-refractivity contribution in [2.45, 2.75) is 38.5 Å². The van der Waals surface area contributed by atoms with E-state index in [1.54, 1.807) is 7.05 Å². The number of hydrogen-bond acceptors (Lipinski definition) is 4. The number of urea groups is 1. The van der Waals surface area contributed by atoms with Crippen LogP contribution in [0, 0.1) is 12.3 Å². The van der Waals surface area contributed by atoms with E-state index in [1.165, 1.54) is 28.7 Å². The van der Waals surface area contributed by atoms with Crippen molar-refractivity contribution in [2.75, 3.05) is 18.4 Å². The number of likely N-dealkylation sites (tertiary alicyclic amines) is 1. The first-order valence-corrected chi connectivity index (χ1v) is 8.90. The van der Waals surface area contributed by atoms with Crippen LogP contribution >= 0.6 is 0 Å². The highest BCUT2D eigenvalue weighted by atomic mass is 16.2. The van der Waals surface area contributed by atoms with Gasteiger partial charge in [0.05, 0.1) is 0 Å². The van der Waals surface area contributed by atoms with E-state index in [-0.39, 0.29) is 6.03 Å². The summed E-state index contributed by atoms with van der Waals surface area (Å²) >= 11 is 0. The number of carbonyl (C=O) groups excluding carboxylic acids is 1. The first-order valence-electron chi connectivity index (χ1n) is 8.90. The molecule has 4 rings (SSSR count). The van der Waals surface area contributed by atoms with Gasteiger partial charge >= 0.3 is 6.03 Å². The first kappa shape index (κ1) is 16.1. The van der Waals surface area contributed by atoms with Crippen LogP contribution in [0.5, 0.6) is 0 Å². The van der Waals surface area contributed by atoms with Gasteiger partial charge in [0.2, 0.25) is 0 Å². The molecular weight excluding hydrogens is 316 g/mol. The minimum atomic E-state index is -0.109. The number of tetrazole rings is 1. The fourth-order valence-electron chi connectivity index (χ4n) is 4.25. The molecule has 2 amide bonds. The number of carbonyl (C=O) groups is 1. The lowest BCUT2D eigenvalue weighted by Crippen LogP contribution is -2.49. The minimum absolute atomic E-state index is 0.109. The first-order chi connectivity index (χ1) is 12.0. The van der Waals surface area contributed by atoms with Crippen molar-refractivity contribution in [3.05, 3.63) is 35.4 Å². The number of rotatable bonds is 2. The maximum absolute atomic E-state index is 12.4. The molecule has 1 aromatic heterocycles. The van der Waals surface area contributed by atoms with Gasteiger partial charge in [-0.2, -0.15) is 0 Å². The van der Waals surface area contributed by atoms with Crippen molar-refractivity contribution >= 4 is 12.0 Å². The summed E-state index contributed by atoms with van der Waals surface area (Å²) in [6.45, 7) is 3.76. The number of anilines is 1. The highest BCUT2D eigenvalue weighted by molar-refractivity contribution is 5.87. The summed E-state index contributed by atoms with van der Waals surface area (Å²) < 4.78 is 1.46. The van der Waals surface area contributed by atoms with E-state index in [0.29, 0.717) is 17.3 Å². The van der Waals surface area contributed by atoms with E-state index < -0.39 is 0 Å². The zero-order chi connectivity index (χ0) is 17.4. The third kappa shape index (κ3) is 3.10. The van der Waals surface area contributed by atoms with Gasteiger partial charge in [-0.25, -0.2) is 9.48 Å². The van der Waals surface area contributed by atoms with Crippen LogP contribution in [0.15, 0.2) is 24.3 Å². The number of piperidine rings is 1. The molecular formula is C18H24N6O. The second-order valence-electron chi connectivity index (χ2n) is 7.56. The lowest BCUT2D eigenvalue weighted by atomic mass is 9.56. The molecule has 1 saturated carbocycles. The van der Waals surface area contributed by atoms with Crippen molar-refractivity contribution in [3.8, 4) is 0 Å². The molecule has 25 heavy (non-hydrogen) atoms. The Morgan fingerprint density at radius 1 is 1.28 bits per heavy atom. The summed E-state index contributed by atoms with van der Waals surface area (Å²) in [5, 5.41) is 13.8. The summed E-state index contributed by atoms with van der Waals surface area (Å²) in [7, 11) is 1.71. The molecule has 1 aromatic carbocycles. The van der Waals surface area contributed by atoms with Gasteiger partial charge in [0.15, 0.2) is 0 Å². The van der Waals surface area contributed by atoms with Crippen LogP contribution in [-0.4, -0.2) is 44.2 Å². The Labute approximate surface area is 147 Å². The van der Waals surface area contributed by atoms with Crippen molar-refractivity contribution in [2.24, 2.45) is 12.5 Å². The highest BCUT2D eigenvalue weighted by Gasteiger charge is 2.46. The van der Waals surface area contributed by atoms with Crippen LogP contribution in [0.2, 0.25) is 0 Å². The van der Waals surface area contributed by atoms with Crippen LogP contribution in [0.4, 0.5) is 10.7 Å². The summed E-state index contributed by atoms with van der Waals surface area (Å²) in [5.41, 5.74) is 3.24. The molecule has 0 unspecified atom stereocenters. The predicted molar refractivity (Wildman–Crippen MR) is 94.2 cm³/mol. The molecule has 2 fully saturated rings. The Morgan fingerprint density at radius 2 is 2.04 bits per heavy atom. The molecule has 0 radical (unpaired) electrons. The smallest absolute Gasteiger partial charge is 0.324 e. The van der Waals surface area contributed by atoms with Gasteiger partial charge in [-0.05, 0) is 59.9 Å². The molecule has 1 aliphatic heterocycles. The van der Waals surface area contributed by atoms with Crippen molar-refractivity contribution in [1.29, 1.82) is 0 Å². The van der Waals surface area contributed by atoms with E-state index in [4.69, 9.17) is 0 Å². The Morgan fingerprint density at radius 3 is 2.68 bits per heavy atom. The number of aromatic nitrogens is 4. The monoisotopic (exact) mass is 340 g/mol. The van der Waals surface area contributed by atoms with Gasteiger partial charge in [-0.3, -0.25) is 5.32 Å². The van der Waals surface area contributed by atoms with Gasteiger partial charge in [0, 0.05) is 20.1 Å². The third-order valence-electron chi connectivity index (χ3n) is 5.82. The zero-order valence-electron chi connectivity index (χ0n) is 14.8. The number of aryl methyl sites for hydroxylation is 2. The van der Waals surface area contributed by atoms with Crippen LogP contribution in [0.1, 0.15) is 42.7 Å². The topological polar surface area (TPSA) is 75.9 Å². The minimum Gasteiger partial charge on any atom is -0.324 e. The largest absolute Gasteiger partial charge is 0.324 e. The molecule has 1 aliphatic carbocycles. The lowest BCUT2D eigenvalue weighted by molar-refractivity contribution is 0.0290. The average Bonchev–Trinajstić information content (AvgIpc) is 2.97. The normalized spacial score (nSPS) is 19.7. The van der Waals surface area contributed by atoms with Crippen LogP contribution < -0.4 is 5.32 Å². The maximum Gasteiger partial charge on any atom is 0.324 e. The van der Waals surface area contributed by atoms with Gasteiger partial charge in [-0.1, -0.05) is 34.9 Å². The Bertz CT molecular complexity index is 769. The van der Waals surface area contributed by atoms with Crippen LogP contribution in [0.25, 0.3) is 0 Å². The van der Waals surface area contributed by atoms with Crippen LogP contribution in [-0.2, 0) is 7.05 Å². The van der Waals surface area contributed by atoms with Gasteiger partial charge in [0.1, 0.15) is 0 Å². The zero-order valence-corrected chi connectivity index (χ0v) is 14.8. The van der Waals surface area contributed by atoms with E-state index in [0.717, 1.165) is 25.9 Å². The fourth-order valence-corrected chi connectivity index (χ4v) is 4.25. The number of nitrogens with one attached hydrogen (secondary N) is 1. The molecule has 0 atom stereocenters. The number of benzene rings is 1. The summed E-state index contributed by atoms with van der Waals surface area (Å²) in [6.07, 6.45) is 4.66. The molecule has 1 N–H and O–H groups in total. The molecule has 7 nitrogen and oxygen atoms in total. The molecule has 7 heteroatoms. The van der Waals surface area contributed by atoms with E-state index in [1.807, 2.05) is 4.90 Å². The van der Waals surface area contributed by atoms with Gasteiger partial charge in [-0.15, -0.1) is 0 Å². The lowest BCUT2D eigenvalue weighted by Gasteiger charge is -2.52. The maximum atomic E-state index is 12.4. The predicted octanol–water partition coefficient (Wildman–Crippen LogP) is 2.71. The molecule has 1 saturated heterocycles. The van der Waals surface area contributed by atoms with Crippen LogP contribution in [0.3, 0.4) is 0 Å². The van der Waals surface area contributed by atoms with Gasteiger partial charge < -0.3 is 4.90 Å². The van der Waals surface area contributed by atoms with E-state index >= 15 is 0 Å². The number of amides is 2. The molecule has 1 spiro atoms. The van der Waals surface area contributed by atoms with E-state index in [9.17, 15) is 4.79 Å². The Hall–Kier alpha value is -2.44. The molecule has 132 valence electrons. The quantitative estimate of drug-likeness (QED) is 0.912.